The highest BCUT2D eigenvalue weighted by Gasteiger charge is 2.20. The van der Waals surface area contributed by atoms with Crippen molar-refractivity contribution in [1.29, 1.82) is 0 Å². The van der Waals surface area contributed by atoms with Gasteiger partial charge in [0.1, 0.15) is 11.6 Å². The fourth-order valence-corrected chi connectivity index (χ4v) is 3.35. The zero-order valence-electron chi connectivity index (χ0n) is 16.1. The second-order valence-corrected chi connectivity index (χ2v) is 7.33. The first kappa shape index (κ1) is 20.5. The van der Waals surface area contributed by atoms with E-state index in [-0.39, 0.29) is 11.5 Å². The summed E-state index contributed by atoms with van der Waals surface area (Å²) in [5.74, 6) is -0.957. The summed E-state index contributed by atoms with van der Waals surface area (Å²) in [5.41, 5.74) is 1.15. The molecule has 150 valence electrons. The minimum atomic E-state index is -0.747. The molecule has 0 aliphatic rings. The van der Waals surface area contributed by atoms with Crippen LogP contribution in [-0.4, -0.2) is 25.6 Å². The molecule has 29 heavy (non-hydrogen) atoms. The van der Waals surface area contributed by atoms with E-state index >= 15 is 0 Å². The van der Waals surface area contributed by atoms with Crippen LogP contribution in [0.1, 0.15) is 20.8 Å². The first-order chi connectivity index (χ1) is 14.0. The number of thiophene rings is 1. The molecule has 0 N–H and O–H groups in total. The SMILES string of the molecule is COc1ccc(N(Cc2cccs2)C(=O)COC(=O)c2ccc(C)c(F)c2)cc1. The molecule has 1 aromatic heterocycles. The number of aryl methyl sites for hydroxylation is 1. The van der Waals surface area contributed by atoms with Gasteiger partial charge in [-0.2, -0.15) is 0 Å². The summed E-state index contributed by atoms with van der Waals surface area (Å²) in [7, 11) is 1.57. The number of methoxy groups -OCH3 is 1. The molecule has 3 rings (SSSR count). The van der Waals surface area contributed by atoms with Gasteiger partial charge in [-0.1, -0.05) is 12.1 Å². The Kier molecular flexibility index (Phi) is 6.61. The van der Waals surface area contributed by atoms with E-state index in [1.807, 2.05) is 17.5 Å². The third kappa shape index (κ3) is 5.20. The lowest BCUT2D eigenvalue weighted by molar-refractivity contribution is -0.121. The number of nitrogens with zero attached hydrogens (tertiary/aromatic N) is 1. The van der Waals surface area contributed by atoms with Crippen LogP contribution in [0.25, 0.3) is 0 Å². The number of ether oxygens (including phenoxy) is 2. The smallest absolute Gasteiger partial charge is 0.338 e. The highest BCUT2D eigenvalue weighted by molar-refractivity contribution is 7.09. The maximum atomic E-state index is 13.7. The summed E-state index contributed by atoms with van der Waals surface area (Å²) in [4.78, 5) is 27.6. The number of rotatable bonds is 7. The summed E-state index contributed by atoms with van der Waals surface area (Å²) in [6, 6.07) is 14.9. The van der Waals surface area contributed by atoms with Crippen molar-refractivity contribution in [1.82, 2.24) is 0 Å². The second-order valence-electron chi connectivity index (χ2n) is 6.30. The van der Waals surface area contributed by atoms with Crippen LogP contribution in [0.15, 0.2) is 60.0 Å². The van der Waals surface area contributed by atoms with E-state index in [0.29, 0.717) is 23.5 Å². The lowest BCUT2D eigenvalue weighted by Crippen LogP contribution is -2.34. The van der Waals surface area contributed by atoms with Gasteiger partial charge in [0.05, 0.1) is 19.2 Å². The van der Waals surface area contributed by atoms with E-state index in [4.69, 9.17) is 9.47 Å². The van der Waals surface area contributed by atoms with Crippen molar-refractivity contribution in [2.45, 2.75) is 13.5 Å². The Hall–Kier alpha value is -3.19. The number of halogens is 1. The van der Waals surface area contributed by atoms with Gasteiger partial charge in [0.2, 0.25) is 0 Å². The third-order valence-corrected chi connectivity index (χ3v) is 5.17. The van der Waals surface area contributed by atoms with Gasteiger partial charge in [-0.3, -0.25) is 4.79 Å². The number of carbonyl (C=O) groups excluding carboxylic acids is 2. The minimum absolute atomic E-state index is 0.0650. The highest BCUT2D eigenvalue weighted by Crippen LogP contribution is 2.23. The first-order valence-corrected chi connectivity index (χ1v) is 9.76. The fourth-order valence-electron chi connectivity index (χ4n) is 2.65. The molecular formula is C22H20FNO4S. The Bertz CT molecular complexity index is 987. The zero-order valence-corrected chi connectivity index (χ0v) is 16.9. The van der Waals surface area contributed by atoms with E-state index in [1.165, 1.54) is 28.4 Å². The van der Waals surface area contributed by atoms with Crippen LogP contribution in [0.3, 0.4) is 0 Å². The van der Waals surface area contributed by atoms with Crippen molar-refractivity contribution >= 4 is 28.9 Å². The van der Waals surface area contributed by atoms with Crippen LogP contribution in [0.2, 0.25) is 0 Å². The van der Waals surface area contributed by atoms with E-state index < -0.39 is 18.4 Å². The molecule has 7 heteroatoms. The second kappa shape index (κ2) is 9.34. The van der Waals surface area contributed by atoms with Crippen molar-refractivity contribution < 1.29 is 23.5 Å². The van der Waals surface area contributed by atoms with Gasteiger partial charge < -0.3 is 14.4 Å². The number of esters is 1. The van der Waals surface area contributed by atoms with Crippen LogP contribution >= 0.6 is 11.3 Å². The van der Waals surface area contributed by atoms with Crippen LogP contribution in [0.5, 0.6) is 5.75 Å². The highest BCUT2D eigenvalue weighted by atomic mass is 32.1. The Labute approximate surface area is 172 Å². The fraction of sp³-hybridized carbons (Fsp3) is 0.182. The largest absolute Gasteiger partial charge is 0.497 e. The average molecular weight is 413 g/mol. The third-order valence-electron chi connectivity index (χ3n) is 4.31. The quantitative estimate of drug-likeness (QED) is 0.532. The monoisotopic (exact) mass is 413 g/mol. The van der Waals surface area contributed by atoms with E-state index in [9.17, 15) is 14.0 Å². The molecule has 0 unspecified atom stereocenters. The minimum Gasteiger partial charge on any atom is -0.497 e. The van der Waals surface area contributed by atoms with Gasteiger partial charge >= 0.3 is 5.97 Å². The number of hydrogen-bond acceptors (Lipinski definition) is 5. The van der Waals surface area contributed by atoms with Crippen LogP contribution in [0, 0.1) is 12.7 Å². The average Bonchev–Trinajstić information content (AvgIpc) is 3.25. The molecule has 0 aliphatic carbocycles. The van der Waals surface area contributed by atoms with Crippen LogP contribution in [0.4, 0.5) is 10.1 Å². The van der Waals surface area contributed by atoms with E-state index in [1.54, 1.807) is 38.3 Å². The molecule has 3 aromatic rings. The van der Waals surface area contributed by atoms with Gasteiger partial charge in [0, 0.05) is 10.6 Å². The standard InChI is InChI=1S/C22H20FNO4S/c1-15-5-6-16(12-20(15)23)22(26)28-14-21(25)24(13-19-4-3-11-29-19)17-7-9-18(27-2)10-8-17/h3-12H,13-14H2,1-2H3. The van der Waals surface area contributed by atoms with Crippen molar-refractivity contribution in [2.75, 3.05) is 18.6 Å². The predicted octanol–water partition coefficient (Wildman–Crippen LogP) is 4.59. The molecule has 0 spiro atoms. The molecule has 1 amide bonds. The number of benzene rings is 2. The van der Waals surface area contributed by atoms with Crippen LogP contribution in [-0.2, 0) is 16.1 Å². The summed E-state index contributed by atoms with van der Waals surface area (Å²) < 4.78 is 24.0. The first-order valence-electron chi connectivity index (χ1n) is 8.88. The summed E-state index contributed by atoms with van der Waals surface area (Å²) in [5, 5.41) is 1.93. The lowest BCUT2D eigenvalue weighted by atomic mass is 10.1. The Balaban J connectivity index is 1.73. The molecule has 0 saturated heterocycles. The van der Waals surface area contributed by atoms with Gasteiger partial charge in [0.25, 0.3) is 5.91 Å². The summed E-state index contributed by atoms with van der Waals surface area (Å²) >= 11 is 1.53. The van der Waals surface area contributed by atoms with Crippen LogP contribution < -0.4 is 9.64 Å². The zero-order chi connectivity index (χ0) is 20.8. The molecule has 5 nitrogen and oxygen atoms in total. The molecule has 0 aliphatic heterocycles. The Morgan fingerprint density at radius 3 is 2.48 bits per heavy atom. The predicted molar refractivity (Wildman–Crippen MR) is 110 cm³/mol. The number of amides is 1. The summed E-state index contributed by atoms with van der Waals surface area (Å²) in [6.07, 6.45) is 0. The molecule has 2 aromatic carbocycles. The number of anilines is 1. The van der Waals surface area contributed by atoms with Crippen molar-refractivity contribution in [3.63, 3.8) is 0 Å². The van der Waals surface area contributed by atoms with Crippen molar-refractivity contribution in [2.24, 2.45) is 0 Å². The molecule has 0 saturated carbocycles. The number of hydrogen-bond donors (Lipinski definition) is 0. The maximum Gasteiger partial charge on any atom is 0.338 e. The van der Waals surface area contributed by atoms with Crippen molar-refractivity contribution in [3.8, 4) is 5.75 Å². The normalized spacial score (nSPS) is 10.4. The molecule has 0 bridgehead atoms. The van der Waals surface area contributed by atoms with Crippen molar-refractivity contribution in [3.05, 3.63) is 81.8 Å². The Morgan fingerprint density at radius 1 is 1.10 bits per heavy atom. The number of carbonyl (C=O) groups is 2. The topological polar surface area (TPSA) is 55.8 Å². The molecule has 0 atom stereocenters. The van der Waals surface area contributed by atoms with E-state index in [2.05, 4.69) is 0 Å². The molecular weight excluding hydrogens is 393 g/mol. The molecule has 1 heterocycles. The summed E-state index contributed by atoms with van der Waals surface area (Å²) in [6.45, 7) is 1.50. The molecule has 0 radical (unpaired) electrons. The van der Waals surface area contributed by atoms with Gasteiger partial charge in [-0.15, -0.1) is 11.3 Å². The van der Waals surface area contributed by atoms with Gasteiger partial charge in [0.15, 0.2) is 6.61 Å². The van der Waals surface area contributed by atoms with E-state index in [0.717, 1.165) is 10.9 Å². The maximum absolute atomic E-state index is 13.7. The van der Waals surface area contributed by atoms with Gasteiger partial charge in [-0.05, 0) is 60.3 Å². The lowest BCUT2D eigenvalue weighted by Gasteiger charge is -2.22. The van der Waals surface area contributed by atoms with Gasteiger partial charge in [-0.25, -0.2) is 9.18 Å². The Morgan fingerprint density at radius 2 is 1.86 bits per heavy atom. The molecule has 0 fully saturated rings.